The number of hydrogen-bond donors (Lipinski definition) is 2. The zero-order valence-electron chi connectivity index (χ0n) is 30.4. The first-order valence-corrected chi connectivity index (χ1v) is 18.9. The molecule has 274 valence electrons. The molecule has 1 amide bonds. The van der Waals surface area contributed by atoms with E-state index in [1.54, 1.807) is 25.1 Å². The molecule has 1 aromatic heterocycles. The highest BCUT2D eigenvalue weighted by atomic mass is 19.1. The van der Waals surface area contributed by atoms with Crippen LogP contribution in [0.3, 0.4) is 0 Å². The fourth-order valence-corrected chi connectivity index (χ4v) is 8.40. The van der Waals surface area contributed by atoms with Crippen molar-refractivity contribution >= 4 is 40.1 Å². The van der Waals surface area contributed by atoms with Crippen molar-refractivity contribution in [2.75, 3.05) is 18.0 Å². The Morgan fingerprint density at radius 2 is 1.54 bits per heavy atom. The van der Waals surface area contributed by atoms with Gasteiger partial charge < -0.3 is 19.7 Å². The maximum absolute atomic E-state index is 13.9. The van der Waals surface area contributed by atoms with Crippen molar-refractivity contribution < 1.29 is 33.1 Å². The summed E-state index contributed by atoms with van der Waals surface area (Å²) in [5.41, 5.74) is 4.59. The predicted molar refractivity (Wildman–Crippen MR) is 201 cm³/mol. The van der Waals surface area contributed by atoms with Gasteiger partial charge in [0.15, 0.2) is 5.78 Å². The maximum atomic E-state index is 13.9. The number of aliphatic carboxylic acids is 1. The molecule has 0 saturated heterocycles. The normalized spacial score (nSPS) is 20.4. The smallest absolute Gasteiger partial charge is 0.306 e. The van der Waals surface area contributed by atoms with Crippen LogP contribution in [0.5, 0.6) is 0 Å². The highest BCUT2D eigenvalue weighted by Gasteiger charge is 2.37. The number of anilines is 1. The topological polar surface area (TPSA) is 117 Å². The van der Waals surface area contributed by atoms with Gasteiger partial charge in [-0.05, 0) is 93.5 Å². The molecule has 4 atom stereocenters. The number of halogens is 1. The van der Waals surface area contributed by atoms with Gasteiger partial charge in [-0.25, -0.2) is 4.39 Å². The van der Waals surface area contributed by atoms with Gasteiger partial charge in [0.2, 0.25) is 0 Å². The third-order valence-electron chi connectivity index (χ3n) is 11.2. The van der Waals surface area contributed by atoms with E-state index < -0.39 is 11.9 Å². The molecule has 2 N–H and O–H groups in total. The molecule has 52 heavy (non-hydrogen) atoms. The van der Waals surface area contributed by atoms with Gasteiger partial charge in [0.25, 0.3) is 5.91 Å². The number of ketones is 2. The standard InChI is InChI=1S/C43H49FN2O6/c1-4-37(47)40-34-24-33(36(46(5-2)6-3)25-39(34)52-41(40)26-18-20-30(44)21-19-26)27-13-11-14-29(22-27)42(49)45-35-17-10-9-16-32(35)38(48)23-28-12-7-8-15-31(28)43(50)51/h11,13-14,18-22,24-25,28,31-32,35H,4-10,12,15-17,23H2,1-3H3,(H,45,49)(H,50,51)/t28-,31+,32+,35+/m0/s1. The van der Waals surface area contributed by atoms with Gasteiger partial charge >= 0.3 is 5.97 Å². The zero-order chi connectivity index (χ0) is 36.9. The van der Waals surface area contributed by atoms with Gasteiger partial charge in [0, 0.05) is 71.7 Å². The number of benzene rings is 3. The van der Waals surface area contributed by atoms with Crippen molar-refractivity contribution in [1.29, 1.82) is 0 Å². The lowest BCUT2D eigenvalue weighted by atomic mass is 9.73. The molecule has 4 aromatic rings. The number of carbonyl (C=O) groups is 4. The molecule has 1 heterocycles. The molecule has 0 spiro atoms. The van der Waals surface area contributed by atoms with Crippen LogP contribution < -0.4 is 10.2 Å². The molecule has 9 heteroatoms. The van der Waals surface area contributed by atoms with E-state index in [0.717, 1.165) is 48.9 Å². The Balaban J connectivity index is 1.32. The van der Waals surface area contributed by atoms with Crippen LogP contribution >= 0.6 is 0 Å². The quantitative estimate of drug-likeness (QED) is 0.133. The second-order valence-corrected chi connectivity index (χ2v) is 14.3. The van der Waals surface area contributed by atoms with E-state index >= 15 is 0 Å². The molecule has 0 unspecified atom stereocenters. The number of carboxylic acid groups (broad SMARTS) is 1. The summed E-state index contributed by atoms with van der Waals surface area (Å²) in [6, 6.07) is 16.9. The molecule has 6 rings (SSSR count). The number of hydrogen-bond acceptors (Lipinski definition) is 6. The molecule has 3 aromatic carbocycles. The number of rotatable bonds is 13. The van der Waals surface area contributed by atoms with E-state index in [1.807, 2.05) is 30.3 Å². The van der Waals surface area contributed by atoms with Gasteiger partial charge in [-0.3, -0.25) is 19.2 Å². The van der Waals surface area contributed by atoms with E-state index in [2.05, 4.69) is 24.1 Å². The minimum absolute atomic E-state index is 0.0617. The molecule has 8 nitrogen and oxygen atoms in total. The Morgan fingerprint density at radius 3 is 2.23 bits per heavy atom. The van der Waals surface area contributed by atoms with E-state index in [0.29, 0.717) is 65.8 Å². The van der Waals surface area contributed by atoms with Crippen molar-refractivity contribution in [3.63, 3.8) is 0 Å². The number of nitrogens with zero attached hydrogens (tertiary/aromatic N) is 1. The third-order valence-corrected chi connectivity index (χ3v) is 11.2. The van der Waals surface area contributed by atoms with E-state index in [-0.39, 0.29) is 54.0 Å². The molecule has 2 aliphatic rings. The SMILES string of the molecule is CCC(=O)c1c(-c2ccc(F)cc2)oc2cc(N(CC)CC)c(-c3cccc(C(=O)N[C@@H]4CCCC[C@H]4C(=O)C[C@@H]4CCCC[C@H]4C(=O)O)c3)cc12. The second kappa shape index (κ2) is 16.3. The van der Waals surface area contributed by atoms with Crippen molar-refractivity contribution in [1.82, 2.24) is 5.32 Å². The number of carboxylic acids is 1. The molecule has 2 saturated carbocycles. The molecule has 0 aliphatic heterocycles. The van der Waals surface area contributed by atoms with Crippen LogP contribution in [0.2, 0.25) is 0 Å². The minimum Gasteiger partial charge on any atom is -0.481 e. The number of furan rings is 1. The Kier molecular flexibility index (Phi) is 11.6. The van der Waals surface area contributed by atoms with E-state index in [1.165, 1.54) is 12.1 Å². The van der Waals surface area contributed by atoms with Gasteiger partial charge in [0.1, 0.15) is 22.9 Å². The average molecular weight is 709 g/mol. The van der Waals surface area contributed by atoms with Crippen LogP contribution in [0.25, 0.3) is 33.4 Å². The van der Waals surface area contributed by atoms with Crippen LogP contribution in [0.15, 0.2) is 65.1 Å². The summed E-state index contributed by atoms with van der Waals surface area (Å²) in [6.45, 7) is 7.37. The number of Topliss-reactive ketones (excluding diaryl/α,β-unsaturated/α-hetero) is 2. The summed E-state index contributed by atoms with van der Waals surface area (Å²) < 4.78 is 20.2. The summed E-state index contributed by atoms with van der Waals surface area (Å²) in [7, 11) is 0. The van der Waals surface area contributed by atoms with Crippen molar-refractivity contribution in [2.24, 2.45) is 17.8 Å². The second-order valence-electron chi connectivity index (χ2n) is 14.3. The average Bonchev–Trinajstić information content (AvgIpc) is 3.53. The van der Waals surface area contributed by atoms with Crippen LogP contribution in [0.1, 0.15) is 106 Å². The lowest BCUT2D eigenvalue weighted by Gasteiger charge is -2.34. The van der Waals surface area contributed by atoms with E-state index in [4.69, 9.17) is 4.42 Å². The largest absolute Gasteiger partial charge is 0.481 e. The van der Waals surface area contributed by atoms with Gasteiger partial charge in [-0.1, -0.05) is 44.7 Å². The van der Waals surface area contributed by atoms with Gasteiger partial charge in [0.05, 0.1) is 11.5 Å². The number of fused-ring (bicyclic) bond motifs is 1. The van der Waals surface area contributed by atoms with Crippen LogP contribution in [0.4, 0.5) is 10.1 Å². The maximum Gasteiger partial charge on any atom is 0.306 e. The molecular weight excluding hydrogens is 659 g/mol. The summed E-state index contributed by atoms with van der Waals surface area (Å²) in [5.74, 6) is -2.05. The van der Waals surface area contributed by atoms with E-state index in [9.17, 15) is 28.7 Å². The lowest BCUT2D eigenvalue weighted by Crippen LogP contribution is -2.45. The molecule has 0 radical (unpaired) electrons. The minimum atomic E-state index is -0.816. The molecule has 2 fully saturated rings. The Hall–Kier alpha value is -4.79. The number of nitrogens with one attached hydrogen (secondary N) is 1. The highest BCUT2D eigenvalue weighted by molar-refractivity contribution is 6.13. The van der Waals surface area contributed by atoms with Crippen LogP contribution in [-0.2, 0) is 9.59 Å². The van der Waals surface area contributed by atoms with Crippen molar-refractivity contribution in [3.8, 4) is 22.5 Å². The van der Waals surface area contributed by atoms with Crippen molar-refractivity contribution in [2.45, 2.75) is 91.0 Å². The van der Waals surface area contributed by atoms with Crippen LogP contribution in [0, 0.1) is 23.6 Å². The Morgan fingerprint density at radius 1 is 0.846 bits per heavy atom. The molecule has 0 bridgehead atoms. The number of amides is 1. The lowest BCUT2D eigenvalue weighted by molar-refractivity contribution is -0.145. The summed E-state index contributed by atoms with van der Waals surface area (Å²) in [6.07, 6.45) is 6.89. The van der Waals surface area contributed by atoms with Gasteiger partial charge in [-0.15, -0.1) is 0 Å². The molecular formula is C43H49FN2O6. The summed E-state index contributed by atoms with van der Waals surface area (Å²) in [5, 5.41) is 13.6. The molecule has 2 aliphatic carbocycles. The van der Waals surface area contributed by atoms with Crippen LogP contribution in [-0.4, -0.2) is 47.7 Å². The monoisotopic (exact) mass is 708 g/mol. The Labute approximate surface area is 304 Å². The highest BCUT2D eigenvalue weighted by Crippen LogP contribution is 2.42. The number of carbonyl (C=O) groups excluding carboxylic acids is 3. The Bertz CT molecular complexity index is 1940. The van der Waals surface area contributed by atoms with Gasteiger partial charge in [-0.2, -0.15) is 0 Å². The summed E-state index contributed by atoms with van der Waals surface area (Å²) >= 11 is 0. The first kappa shape index (κ1) is 37.0. The summed E-state index contributed by atoms with van der Waals surface area (Å²) in [4.78, 5) is 55.1. The fourth-order valence-electron chi connectivity index (χ4n) is 8.40. The third kappa shape index (κ3) is 7.69. The van der Waals surface area contributed by atoms with Crippen molar-refractivity contribution in [3.05, 3.63) is 77.6 Å². The first-order chi connectivity index (χ1) is 25.1. The zero-order valence-corrected chi connectivity index (χ0v) is 30.4. The predicted octanol–water partition coefficient (Wildman–Crippen LogP) is 9.48. The first-order valence-electron chi connectivity index (χ1n) is 18.9. The fraction of sp³-hybridized carbons (Fsp3) is 0.442.